The fourth-order valence-corrected chi connectivity index (χ4v) is 5.71. The molecule has 1 saturated heterocycles. The highest BCUT2D eigenvalue weighted by Gasteiger charge is 2.55. The first-order chi connectivity index (χ1) is 11.2. The van der Waals surface area contributed by atoms with Crippen LogP contribution in [0.4, 0.5) is 8.78 Å². The van der Waals surface area contributed by atoms with E-state index in [2.05, 4.69) is 9.97 Å². The van der Waals surface area contributed by atoms with Crippen molar-refractivity contribution in [2.45, 2.75) is 30.6 Å². The zero-order valence-corrected chi connectivity index (χ0v) is 13.8. The van der Waals surface area contributed by atoms with Crippen molar-refractivity contribution >= 4 is 21.1 Å². The van der Waals surface area contributed by atoms with Crippen LogP contribution < -0.4 is 5.69 Å². The number of alkyl halides is 2. The van der Waals surface area contributed by atoms with Gasteiger partial charge in [-0.1, -0.05) is 0 Å². The average molecular weight is 357 g/mol. The van der Waals surface area contributed by atoms with Crippen LogP contribution in [0.15, 0.2) is 21.8 Å². The lowest BCUT2D eigenvalue weighted by molar-refractivity contribution is -0.0376. The van der Waals surface area contributed by atoms with E-state index in [1.165, 1.54) is 6.07 Å². The summed E-state index contributed by atoms with van der Waals surface area (Å²) < 4.78 is 54.8. The number of rotatable bonds is 2. The number of aryl methyl sites for hydroxylation is 1. The number of aromatic nitrogens is 2. The van der Waals surface area contributed by atoms with E-state index in [1.807, 2.05) is 0 Å². The zero-order valence-electron chi connectivity index (χ0n) is 13.0. The molecule has 2 fully saturated rings. The monoisotopic (exact) mass is 357 g/mol. The third kappa shape index (κ3) is 2.21. The molecule has 2 atom stereocenters. The maximum Gasteiger partial charge on any atom is 0.323 e. The molecule has 6 nitrogen and oxygen atoms in total. The SMILES string of the molecule is Cc1cc2[nH]c(=O)[nH]c2cc1S(=O)(=O)N1C[C@@H]2CCC(F)(F)[C@@H]2C1. The van der Waals surface area contributed by atoms with Gasteiger partial charge in [0.05, 0.1) is 15.9 Å². The van der Waals surface area contributed by atoms with Crippen molar-refractivity contribution < 1.29 is 17.2 Å². The summed E-state index contributed by atoms with van der Waals surface area (Å²) >= 11 is 0. The molecule has 1 aromatic heterocycles. The van der Waals surface area contributed by atoms with E-state index in [9.17, 15) is 22.0 Å². The number of nitrogens with one attached hydrogen (secondary N) is 2. The van der Waals surface area contributed by atoms with E-state index in [1.54, 1.807) is 13.0 Å². The second kappa shape index (κ2) is 4.89. The number of fused-ring (bicyclic) bond motifs is 2. The molecule has 1 saturated carbocycles. The van der Waals surface area contributed by atoms with Gasteiger partial charge in [-0.3, -0.25) is 0 Å². The van der Waals surface area contributed by atoms with Crippen LogP contribution >= 0.6 is 0 Å². The quantitative estimate of drug-likeness (QED) is 0.860. The van der Waals surface area contributed by atoms with E-state index in [4.69, 9.17) is 0 Å². The summed E-state index contributed by atoms with van der Waals surface area (Å²) in [5, 5.41) is 0. The molecular formula is C15H17F2N3O3S. The van der Waals surface area contributed by atoms with Crippen molar-refractivity contribution in [3.63, 3.8) is 0 Å². The van der Waals surface area contributed by atoms with Gasteiger partial charge in [-0.25, -0.2) is 22.0 Å². The number of hydrogen-bond donors (Lipinski definition) is 2. The Kier molecular flexibility index (Phi) is 3.21. The van der Waals surface area contributed by atoms with E-state index >= 15 is 0 Å². The average Bonchev–Trinajstić information content (AvgIpc) is 3.13. The van der Waals surface area contributed by atoms with Gasteiger partial charge in [0.15, 0.2) is 0 Å². The minimum atomic E-state index is -3.88. The lowest BCUT2D eigenvalue weighted by Gasteiger charge is -2.21. The number of aromatic amines is 2. The van der Waals surface area contributed by atoms with Crippen molar-refractivity contribution in [3.8, 4) is 0 Å². The predicted molar refractivity (Wildman–Crippen MR) is 83.6 cm³/mol. The van der Waals surface area contributed by atoms with Gasteiger partial charge in [0.2, 0.25) is 10.0 Å². The number of sulfonamides is 1. The standard InChI is InChI=1S/C15H17F2N3O3S/c1-8-4-11-12(19-14(21)18-11)5-13(8)24(22,23)20-6-9-2-3-15(16,17)10(9)7-20/h4-5,9-10H,2-3,6-7H2,1H3,(H2,18,19,21)/t9-,10+/m0/s1. The van der Waals surface area contributed by atoms with Crippen molar-refractivity contribution in [2.75, 3.05) is 13.1 Å². The number of halogens is 2. The number of benzene rings is 1. The summed E-state index contributed by atoms with van der Waals surface area (Å²) in [7, 11) is -3.88. The maximum atomic E-state index is 13.9. The van der Waals surface area contributed by atoms with Crippen LogP contribution in [-0.4, -0.2) is 41.7 Å². The van der Waals surface area contributed by atoms with Gasteiger partial charge in [-0.2, -0.15) is 4.31 Å². The third-order valence-corrected chi connectivity index (χ3v) is 7.20. The van der Waals surface area contributed by atoms with E-state index in [0.717, 1.165) is 4.31 Å². The normalized spacial score (nSPS) is 27.0. The summed E-state index contributed by atoms with van der Waals surface area (Å²) in [5.41, 5.74) is 0.950. The molecule has 1 aromatic carbocycles. The van der Waals surface area contributed by atoms with Crippen LogP contribution in [0.2, 0.25) is 0 Å². The molecule has 2 aliphatic rings. The summed E-state index contributed by atoms with van der Waals surface area (Å²) in [6, 6.07) is 2.97. The van der Waals surface area contributed by atoms with Gasteiger partial charge in [0, 0.05) is 25.4 Å². The van der Waals surface area contributed by atoms with Crippen molar-refractivity contribution in [1.82, 2.24) is 14.3 Å². The second-order valence-electron chi connectivity index (χ2n) is 6.73. The molecule has 0 unspecified atom stereocenters. The summed E-state index contributed by atoms with van der Waals surface area (Å²) in [5.74, 6) is -3.98. The molecule has 0 bridgehead atoms. The van der Waals surface area contributed by atoms with Gasteiger partial charge in [0.25, 0.3) is 5.92 Å². The van der Waals surface area contributed by atoms with Crippen LogP contribution in [0.3, 0.4) is 0 Å². The molecule has 0 spiro atoms. The molecule has 0 radical (unpaired) electrons. The van der Waals surface area contributed by atoms with Crippen LogP contribution in [0.5, 0.6) is 0 Å². The summed E-state index contributed by atoms with van der Waals surface area (Å²) in [6.07, 6.45) is 0.193. The minimum Gasteiger partial charge on any atom is -0.306 e. The molecule has 1 aliphatic carbocycles. The van der Waals surface area contributed by atoms with E-state index in [-0.39, 0.29) is 30.3 Å². The Hall–Kier alpha value is -1.74. The molecule has 24 heavy (non-hydrogen) atoms. The topological polar surface area (TPSA) is 86.0 Å². The second-order valence-corrected chi connectivity index (χ2v) is 8.64. The minimum absolute atomic E-state index is 0.0496. The lowest BCUT2D eigenvalue weighted by atomic mass is 9.99. The first-order valence-corrected chi connectivity index (χ1v) is 9.23. The van der Waals surface area contributed by atoms with Gasteiger partial charge in [-0.05, 0) is 37.0 Å². The lowest BCUT2D eigenvalue weighted by Crippen LogP contribution is -2.33. The summed E-state index contributed by atoms with van der Waals surface area (Å²) in [4.78, 5) is 16.5. The first-order valence-electron chi connectivity index (χ1n) is 7.79. The number of imidazole rings is 1. The third-order valence-electron chi connectivity index (χ3n) is 5.23. The largest absolute Gasteiger partial charge is 0.323 e. The number of H-pyrrole nitrogens is 2. The Morgan fingerprint density at radius 2 is 1.88 bits per heavy atom. The molecule has 0 amide bonds. The molecule has 1 aliphatic heterocycles. The Morgan fingerprint density at radius 1 is 1.21 bits per heavy atom. The Morgan fingerprint density at radius 3 is 2.54 bits per heavy atom. The molecule has 2 aromatic rings. The number of hydrogen-bond acceptors (Lipinski definition) is 3. The number of nitrogens with zero attached hydrogens (tertiary/aromatic N) is 1. The van der Waals surface area contributed by atoms with Crippen molar-refractivity contribution in [3.05, 3.63) is 28.2 Å². The van der Waals surface area contributed by atoms with Crippen LogP contribution in [0.1, 0.15) is 18.4 Å². The van der Waals surface area contributed by atoms with Gasteiger partial charge in [0.1, 0.15) is 0 Å². The molecule has 4 rings (SSSR count). The van der Waals surface area contributed by atoms with Crippen molar-refractivity contribution in [1.29, 1.82) is 0 Å². The fourth-order valence-electron chi connectivity index (χ4n) is 3.95. The first kappa shape index (κ1) is 15.8. The van der Waals surface area contributed by atoms with Crippen molar-refractivity contribution in [2.24, 2.45) is 11.8 Å². The fraction of sp³-hybridized carbons (Fsp3) is 0.533. The van der Waals surface area contributed by atoms with E-state index < -0.39 is 27.6 Å². The van der Waals surface area contributed by atoms with Gasteiger partial charge in [-0.15, -0.1) is 0 Å². The zero-order chi connectivity index (χ0) is 17.3. The van der Waals surface area contributed by atoms with Crippen LogP contribution in [0, 0.1) is 18.8 Å². The Bertz CT molecular complexity index is 980. The maximum absolute atomic E-state index is 13.9. The molecular weight excluding hydrogens is 340 g/mol. The highest BCUT2D eigenvalue weighted by molar-refractivity contribution is 7.89. The van der Waals surface area contributed by atoms with Gasteiger partial charge < -0.3 is 9.97 Å². The Labute approximate surface area is 136 Å². The molecule has 2 N–H and O–H groups in total. The predicted octanol–water partition coefficient (Wildman–Crippen LogP) is 1.83. The Balaban J connectivity index is 1.73. The van der Waals surface area contributed by atoms with E-state index in [0.29, 0.717) is 23.0 Å². The van der Waals surface area contributed by atoms with Gasteiger partial charge >= 0.3 is 5.69 Å². The smallest absolute Gasteiger partial charge is 0.306 e. The summed E-state index contributed by atoms with van der Waals surface area (Å²) in [6.45, 7) is 1.61. The molecule has 9 heteroatoms. The highest BCUT2D eigenvalue weighted by Crippen LogP contribution is 2.49. The highest BCUT2D eigenvalue weighted by atomic mass is 32.2. The van der Waals surface area contributed by atoms with Crippen LogP contribution in [0.25, 0.3) is 11.0 Å². The molecule has 130 valence electrons. The van der Waals surface area contributed by atoms with Crippen LogP contribution in [-0.2, 0) is 10.0 Å². The molecule has 2 heterocycles.